The second-order valence-corrected chi connectivity index (χ2v) is 4.70. The van der Waals surface area contributed by atoms with E-state index in [-0.39, 0.29) is 12.5 Å². The fourth-order valence-electron chi connectivity index (χ4n) is 1.68. The summed E-state index contributed by atoms with van der Waals surface area (Å²) in [6.45, 7) is 5.35. The average Bonchev–Trinajstić information content (AvgIpc) is 2.36. The van der Waals surface area contributed by atoms with Gasteiger partial charge in [-0.3, -0.25) is 9.59 Å². The molecule has 0 radical (unpaired) electrons. The van der Waals surface area contributed by atoms with Crippen molar-refractivity contribution < 1.29 is 9.59 Å². The summed E-state index contributed by atoms with van der Waals surface area (Å²) in [5, 5.41) is 2.75. The van der Waals surface area contributed by atoms with Crippen LogP contribution in [0.1, 0.15) is 24.2 Å². The maximum absolute atomic E-state index is 11.6. The average molecular weight is 313 g/mol. The number of nitrogens with zero attached hydrogens (tertiary/aromatic N) is 1. The van der Waals surface area contributed by atoms with E-state index in [2.05, 4.69) is 21.2 Å². The van der Waals surface area contributed by atoms with Gasteiger partial charge < -0.3 is 10.2 Å². The molecule has 1 amide bonds. The highest BCUT2D eigenvalue weighted by Gasteiger charge is 2.13. The van der Waals surface area contributed by atoms with E-state index < -0.39 is 0 Å². The van der Waals surface area contributed by atoms with E-state index in [0.29, 0.717) is 18.7 Å². The Morgan fingerprint density at radius 1 is 1.44 bits per heavy atom. The van der Waals surface area contributed by atoms with Gasteiger partial charge in [-0.25, -0.2) is 0 Å². The smallest absolute Gasteiger partial charge is 0.239 e. The van der Waals surface area contributed by atoms with Crippen LogP contribution >= 0.6 is 15.9 Å². The van der Waals surface area contributed by atoms with Crippen LogP contribution in [-0.4, -0.2) is 31.8 Å². The number of anilines is 1. The second kappa shape index (κ2) is 7.16. The lowest BCUT2D eigenvalue weighted by Gasteiger charge is -2.24. The standard InChI is InChI=1S/C13H17BrN2O2/c1-3-15-13(18)8-16(4-2)12-7-11(14)6-5-10(12)9-17/h5-7,9H,3-4,8H2,1-2H3,(H,15,18). The number of aldehydes is 1. The zero-order valence-corrected chi connectivity index (χ0v) is 12.2. The predicted molar refractivity (Wildman–Crippen MR) is 76.1 cm³/mol. The number of carbonyl (C=O) groups is 2. The van der Waals surface area contributed by atoms with E-state index in [0.717, 1.165) is 16.4 Å². The van der Waals surface area contributed by atoms with Crippen LogP contribution in [0.3, 0.4) is 0 Å². The van der Waals surface area contributed by atoms with Crippen LogP contribution in [0.15, 0.2) is 22.7 Å². The van der Waals surface area contributed by atoms with Crippen LogP contribution in [0.5, 0.6) is 0 Å². The number of benzene rings is 1. The van der Waals surface area contributed by atoms with Gasteiger partial charge in [0.1, 0.15) is 0 Å². The van der Waals surface area contributed by atoms with E-state index >= 15 is 0 Å². The highest BCUT2D eigenvalue weighted by atomic mass is 79.9. The molecule has 1 aromatic rings. The van der Waals surface area contributed by atoms with Crippen molar-refractivity contribution >= 4 is 33.8 Å². The van der Waals surface area contributed by atoms with Gasteiger partial charge in [0.2, 0.25) is 5.91 Å². The normalized spacial score (nSPS) is 9.94. The number of amides is 1. The minimum Gasteiger partial charge on any atom is -0.362 e. The van der Waals surface area contributed by atoms with Crippen molar-refractivity contribution in [2.75, 3.05) is 24.5 Å². The van der Waals surface area contributed by atoms with Gasteiger partial charge in [0, 0.05) is 28.8 Å². The fourth-order valence-corrected chi connectivity index (χ4v) is 2.03. The van der Waals surface area contributed by atoms with E-state index in [9.17, 15) is 9.59 Å². The van der Waals surface area contributed by atoms with Crippen molar-refractivity contribution in [2.24, 2.45) is 0 Å². The second-order valence-electron chi connectivity index (χ2n) is 3.79. The van der Waals surface area contributed by atoms with E-state index in [4.69, 9.17) is 0 Å². The summed E-state index contributed by atoms with van der Waals surface area (Å²) in [7, 11) is 0. The number of halogens is 1. The summed E-state index contributed by atoms with van der Waals surface area (Å²) in [5.41, 5.74) is 1.36. The predicted octanol–water partition coefficient (Wildman–Crippen LogP) is 2.22. The van der Waals surface area contributed by atoms with Crippen molar-refractivity contribution in [3.05, 3.63) is 28.2 Å². The number of hydrogen-bond acceptors (Lipinski definition) is 3. The lowest BCUT2D eigenvalue weighted by molar-refractivity contribution is -0.119. The summed E-state index contributed by atoms with van der Waals surface area (Å²) in [5.74, 6) is -0.0452. The molecule has 1 aromatic carbocycles. The fraction of sp³-hybridized carbons (Fsp3) is 0.385. The third kappa shape index (κ3) is 3.84. The molecule has 0 heterocycles. The molecule has 0 fully saturated rings. The molecule has 18 heavy (non-hydrogen) atoms. The number of hydrogen-bond donors (Lipinski definition) is 1. The topological polar surface area (TPSA) is 49.4 Å². The summed E-state index contributed by atoms with van der Waals surface area (Å²) in [6.07, 6.45) is 0.808. The molecular weight excluding hydrogens is 296 g/mol. The summed E-state index contributed by atoms with van der Waals surface area (Å²) < 4.78 is 0.887. The first kappa shape index (κ1) is 14.7. The van der Waals surface area contributed by atoms with Crippen molar-refractivity contribution in [1.29, 1.82) is 0 Å². The zero-order chi connectivity index (χ0) is 13.5. The maximum Gasteiger partial charge on any atom is 0.239 e. The van der Waals surface area contributed by atoms with Crippen LogP contribution in [0.4, 0.5) is 5.69 Å². The molecule has 0 aliphatic heterocycles. The maximum atomic E-state index is 11.6. The summed E-state index contributed by atoms with van der Waals surface area (Å²) >= 11 is 3.38. The molecule has 4 nitrogen and oxygen atoms in total. The summed E-state index contributed by atoms with van der Waals surface area (Å²) in [4.78, 5) is 24.5. The lowest BCUT2D eigenvalue weighted by atomic mass is 10.1. The Bertz CT molecular complexity index is 435. The number of rotatable bonds is 6. The van der Waals surface area contributed by atoms with Gasteiger partial charge >= 0.3 is 0 Å². The molecule has 0 saturated carbocycles. The Hall–Kier alpha value is -1.36. The van der Waals surface area contributed by atoms with Gasteiger partial charge in [0.15, 0.2) is 6.29 Å². The van der Waals surface area contributed by atoms with Gasteiger partial charge in [-0.05, 0) is 32.0 Å². The number of nitrogens with one attached hydrogen (secondary N) is 1. The Morgan fingerprint density at radius 2 is 2.17 bits per heavy atom. The lowest BCUT2D eigenvalue weighted by Crippen LogP contribution is -2.37. The van der Waals surface area contributed by atoms with Crippen LogP contribution in [0.2, 0.25) is 0 Å². The van der Waals surface area contributed by atoms with Crippen LogP contribution in [0, 0.1) is 0 Å². The first-order valence-electron chi connectivity index (χ1n) is 5.88. The van der Waals surface area contributed by atoms with Crippen molar-refractivity contribution in [3.8, 4) is 0 Å². The SMILES string of the molecule is CCNC(=O)CN(CC)c1cc(Br)ccc1C=O. The van der Waals surface area contributed by atoms with Crippen LogP contribution in [-0.2, 0) is 4.79 Å². The van der Waals surface area contributed by atoms with Crippen LogP contribution < -0.4 is 10.2 Å². The molecule has 0 unspecified atom stereocenters. The van der Waals surface area contributed by atoms with Gasteiger partial charge in [-0.1, -0.05) is 15.9 Å². The van der Waals surface area contributed by atoms with Gasteiger partial charge in [0.25, 0.3) is 0 Å². The van der Waals surface area contributed by atoms with Crippen molar-refractivity contribution in [3.63, 3.8) is 0 Å². The minimum atomic E-state index is -0.0452. The molecule has 0 aromatic heterocycles. The van der Waals surface area contributed by atoms with Crippen molar-refractivity contribution in [1.82, 2.24) is 5.32 Å². The molecule has 1 rings (SSSR count). The van der Waals surface area contributed by atoms with Crippen molar-refractivity contribution in [2.45, 2.75) is 13.8 Å². The molecular formula is C13H17BrN2O2. The minimum absolute atomic E-state index is 0.0452. The molecule has 0 atom stereocenters. The van der Waals surface area contributed by atoms with E-state index in [1.54, 1.807) is 6.07 Å². The Labute approximate surface area is 115 Å². The Morgan fingerprint density at radius 3 is 2.72 bits per heavy atom. The molecule has 0 aliphatic carbocycles. The third-order valence-corrected chi connectivity index (χ3v) is 3.04. The van der Waals surface area contributed by atoms with Gasteiger partial charge in [-0.15, -0.1) is 0 Å². The Balaban J connectivity index is 2.96. The first-order valence-corrected chi connectivity index (χ1v) is 6.68. The number of carbonyl (C=O) groups excluding carboxylic acids is 2. The van der Waals surface area contributed by atoms with Gasteiger partial charge in [-0.2, -0.15) is 0 Å². The molecule has 1 N–H and O–H groups in total. The molecule has 0 spiro atoms. The Kier molecular flexibility index (Phi) is 5.85. The third-order valence-electron chi connectivity index (χ3n) is 2.55. The molecule has 98 valence electrons. The van der Waals surface area contributed by atoms with E-state index in [1.165, 1.54) is 0 Å². The van der Waals surface area contributed by atoms with Gasteiger partial charge in [0.05, 0.1) is 6.54 Å². The monoisotopic (exact) mass is 312 g/mol. The molecule has 5 heteroatoms. The molecule has 0 aliphatic rings. The summed E-state index contributed by atoms with van der Waals surface area (Å²) in [6, 6.07) is 5.41. The quantitative estimate of drug-likeness (QED) is 0.819. The highest BCUT2D eigenvalue weighted by molar-refractivity contribution is 9.10. The number of likely N-dealkylation sites (N-methyl/N-ethyl adjacent to an activating group) is 2. The zero-order valence-electron chi connectivity index (χ0n) is 10.6. The highest BCUT2D eigenvalue weighted by Crippen LogP contribution is 2.23. The van der Waals surface area contributed by atoms with E-state index in [1.807, 2.05) is 30.9 Å². The molecule has 0 bridgehead atoms. The first-order chi connectivity index (χ1) is 8.62. The molecule has 0 saturated heterocycles. The largest absolute Gasteiger partial charge is 0.362 e. The van der Waals surface area contributed by atoms with Crippen LogP contribution in [0.25, 0.3) is 0 Å².